The van der Waals surface area contributed by atoms with E-state index in [1.54, 1.807) is 6.92 Å². The van der Waals surface area contributed by atoms with Gasteiger partial charge in [0.15, 0.2) is 0 Å². The molecule has 0 radical (unpaired) electrons. The molecule has 0 aromatic heterocycles. The molecule has 0 aliphatic carbocycles. The van der Waals surface area contributed by atoms with E-state index >= 15 is 0 Å². The van der Waals surface area contributed by atoms with Crippen molar-refractivity contribution in [2.24, 2.45) is 5.73 Å². The number of esters is 1. The standard InChI is InChI=1S/C15H22N2O2S/c1-4-19-13(18)9-10-17(3)14(15(16)20)12-7-5-11(2)6-8-12/h5-8,14H,4,9-10H2,1-3H3,(H2,16,20). The van der Waals surface area contributed by atoms with Gasteiger partial charge in [0, 0.05) is 6.54 Å². The van der Waals surface area contributed by atoms with Gasteiger partial charge >= 0.3 is 5.97 Å². The topological polar surface area (TPSA) is 55.6 Å². The molecule has 1 atom stereocenters. The van der Waals surface area contributed by atoms with Crippen LogP contribution < -0.4 is 5.73 Å². The summed E-state index contributed by atoms with van der Waals surface area (Å²) in [6, 6.07) is 7.92. The lowest BCUT2D eigenvalue weighted by Crippen LogP contribution is -2.35. The van der Waals surface area contributed by atoms with E-state index in [1.165, 1.54) is 5.56 Å². The Morgan fingerprint density at radius 2 is 2.00 bits per heavy atom. The average Bonchev–Trinajstić information content (AvgIpc) is 2.39. The first-order valence-electron chi connectivity index (χ1n) is 6.67. The summed E-state index contributed by atoms with van der Waals surface area (Å²) in [7, 11) is 1.91. The molecule has 0 saturated carbocycles. The van der Waals surface area contributed by atoms with E-state index in [4.69, 9.17) is 22.7 Å². The summed E-state index contributed by atoms with van der Waals surface area (Å²) in [5.74, 6) is -0.204. The Morgan fingerprint density at radius 3 is 2.50 bits per heavy atom. The zero-order chi connectivity index (χ0) is 15.1. The lowest BCUT2D eigenvalue weighted by Gasteiger charge is -2.27. The van der Waals surface area contributed by atoms with Crippen LogP contribution in [0.25, 0.3) is 0 Å². The molecule has 0 fully saturated rings. The fourth-order valence-corrected chi connectivity index (χ4v) is 2.33. The number of nitrogens with two attached hydrogens (primary N) is 1. The van der Waals surface area contributed by atoms with Gasteiger partial charge in [-0.1, -0.05) is 42.0 Å². The number of nitrogens with zero attached hydrogens (tertiary/aromatic N) is 1. The van der Waals surface area contributed by atoms with Crippen LogP contribution in [0, 0.1) is 6.92 Å². The minimum atomic E-state index is -0.204. The van der Waals surface area contributed by atoms with Crippen molar-refractivity contribution in [1.29, 1.82) is 0 Å². The maximum Gasteiger partial charge on any atom is 0.307 e. The van der Waals surface area contributed by atoms with Gasteiger partial charge in [-0.2, -0.15) is 0 Å². The van der Waals surface area contributed by atoms with Crippen LogP contribution >= 0.6 is 12.2 Å². The molecule has 2 N–H and O–H groups in total. The summed E-state index contributed by atoms with van der Waals surface area (Å²) < 4.78 is 4.92. The molecule has 0 aliphatic rings. The quantitative estimate of drug-likeness (QED) is 0.617. The molecule has 1 aromatic rings. The van der Waals surface area contributed by atoms with Crippen molar-refractivity contribution >= 4 is 23.2 Å². The SMILES string of the molecule is CCOC(=O)CCN(C)C(C(N)=S)c1ccc(C)cc1. The largest absolute Gasteiger partial charge is 0.466 e. The maximum absolute atomic E-state index is 11.4. The number of hydrogen-bond acceptors (Lipinski definition) is 4. The molecule has 20 heavy (non-hydrogen) atoms. The van der Waals surface area contributed by atoms with Crippen LogP contribution in [0.5, 0.6) is 0 Å². The Morgan fingerprint density at radius 1 is 1.40 bits per heavy atom. The molecule has 5 heteroatoms. The molecular weight excluding hydrogens is 272 g/mol. The zero-order valence-electron chi connectivity index (χ0n) is 12.3. The summed E-state index contributed by atoms with van der Waals surface area (Å²) in [5.41, 5.74) is 8.07. The molecule has 1 unspecified atom stereocenters. The molecule has 110 valence electrons. The lowest BCUT2D eigenvalue weighted by atomic mass is 10.0. The van der Waals surface area contributed by atoms with Crippen LogP contribution in [-0.2, 0) is 9.53 Å². The van der Waals surface area contributed by atoms with Gasteiger partial charge in [-0.25, -0.2) is 0 Å². The van der Waals surface area contributed by atoms with Crippen molar-refractivity contribution in [3.05, 3.63) is 35.4 Å². The van der Waals surface area contributed by atoms with E-state index in [-0.39, 0.29) is 12.0 Å². The third kappa shape index (κ3) is 4.90. The first-order chi connectivity index (χ1) is 9.45. The highest BCUT2D eigenvalue weighted by Crippen LogP contribution is 2.20. The molecule has 0 heterocycles. The minimum Gasteiger partial charge on any atom is -0.466 e. The number of carbonyl (C=O) groups excluding carboxylic acids is 1. The number of benzene rings is 1. The van der Waals surface area contributed by atoms with Crippen LogP contribution in [0.3, 0.4) is 0 Å². The molecule has 0 amide bonds. The van der Waals surface area contributed by atoms with Crippen LogP contribution in [-0.4, -0.2) is 36.1 Å². The minimum absolute atomic E-state index is 0.167. The third-order valence-electron chi connectivity index (χ3n) is 3.08. The monoisotopic (exact) mass is 294 g/mol. The number of carbonyl (C=O) groups is 1. The van der Waals surface area contributed by atoms with Gasteiger partial charge in [-0.15, -0.1) is 0 Å². The van der Waals surface area contributed by atoms with E-state index < -0.39 is 0 Å². The molecule has 1 aromatic carbocycles. The van der Waals surface area contributed by atoms with Gasteiger partial charge in [0.05, 0.1) is 24.1 Å². The summed E-state index contributed by atoms with van der Waals surface area (Å²) >= 11 is 5.16. The molecular formula is C15H22N2O2S. The predicted octanol–water partition coefficient (Wildman–Crippen LogP) is 2.21. The molecule has 0 spiro atoms. The Bertz CT molecular complexity index is 459. The number of aryl methyl sites for hydroxylation is 1. The summed E-state index contributed by atoms with van der Waals surface area (Å²) in [6.07, 6.45) is 0.329. The third-order valence-corrected chi connectivity index (χ3v) is 3.30. The zero-order valence-corrected chi connectivity index (χ0v) is 13.1. The van der Waals surface area contributed by atoms with Crippen LogP contribution in [0.15, 0.2) is 24.3 Å². The smallest absolute Gasteiger partial charge is 0.307 e. The van der Waals surface area contributed by atoms with Gasteiger partial charge in [-0.3, -0.25) is 9.69 Å². The molecule has 4 nitrogen and oxygen atoms in total. The molecule has 1 rings (SSSR count). The summed E-state index contributed by atoms with van der Waals surface area (Å²) in [5, 5.41) is 0. The fraction of sp³-hybridized carbons (Fsp3) is 0.467. The average molecular weight is 294 g/mol. The van der Waals surface area contributed by atoms with Gasteiger partial charge in [0.1, 0.15) is 0 Å². The van der Waals surface area contributed by atoms with Crippen molar-refractivity contribution < 1.29 is 9.53 Å². The van der Waals surface area contributed by atoms with Gasteiger partial charge in [0.25, 0.3) is 0 Å². The van der Waals surface area contributed by atoms with E-state index in [0.717, 1.165) is 5.56 Å². The first-order valence-corrected chi connectivity index (χ1v) is 7.08. The second kappa shape index (κ2) is 7.97. The Kier molecular flexibility index (Phi) is 6.61. The predicted molar refractivity (Wildman–Crippen MR) is 84.6 cm³/mol. The Labute approximate surface area is 125 Å². The van der Waals surface area contributed by atoms with Crippen molar-refractivity contribution in [2.45, 2.75) is 26.3 Å². The fourth-order valence-electron chi connectivity index (χ4n) is 2.01. The number of rotatable bonds is 7. The van der Waals surface area contributed by atoms with Crippen LogP contribution in [0.4, 0.5) is 0 Å². The maximum atomic E-state index is 11.4. The number of ether oxygens (including phenoxy) is 1. The number of thiocarbonyl (C=S) groups is 1. The molecule has 0 bridgehead atoms. The molecule has 0 saturated heterocycles. The Hall–Kier alpha value is -1.46. The normalized spacial score (nSPS) is 12.2. The molecule has 0 aliphatic heterocycles. The van der Waals surface area contributed by atoms with E-state index in [2.05, 4.69) is 0 Å². The van der Waals surface area contributed by atoms with Gasteiger partial charge in [-0.05, 0) is 26.5 Å². The highest BCUT2D eigenvalue weighted by atomic mass is 32.1. The highest BCUT2D eigenvalue weighted by Gasteiger charge is 2.20. The van der Waals surface area contributed by atoms with Crippen LogP contribution in [0.1, 0.15) is 30.5 Å². The van der Waals surface area contributed by atoms with Crippen molar-refractivity contribution in [3.8, 4) is 0 Å². The van der Waals surface area contributed by atoms with Crippen molar-refractivity contribution in [3.63, 3.8) is 0 Å². The van der Waals surface area contributed by atoms with E-state index in [1.807, 2.05) is 43.1 Å². The highest BCUT2D eigenvalue weighted by molar-refractivity contribution is 7.80. The van der Waals surface area contributed by atoms with Crippen molar-refractivity contribution in [1.82, 2.24) is 4.90 Å². The number of hydrogen-bond donors (Lipinski definition) is 1. The van der Waals surface area contributed by atoms with Gasteiger partial charge in [0.2, 0.25) is 0 Å². The summed E-state index contributed by atoms with van der Waals surface area (Å²) in [6.45, 7) is 4.78. The van der Waals surface area contributed by atoms with E-state index in [9.17, 15) is 4.79 Å². The number of likely N-dealkylation sites (N-methyl/N-ethyl adjacent to an activating group) is 1. The second-order valence-electron chi connectivity index (χ2n) is 4.75. The van der Waals surface area contributed by atoms with Crippen molar-refractivity contribution in [2.75, 3.05) is 20.2 Å². The van der Waals surface area contributed by atoms with Gasteiger partial charge < -0.3 is 10.5 Å². The Balaban J connectivity index is 2.73. The van der Waals surface area contributed by atoms with E-state index in [0.29, 0.717) is 24.6 Å². The second-order valence-corrected chi connectivity index (χ2v) is 5.22. The summed E-state index contributed by atoms with van der Waals surface area (Å²) in [4.78, 5) is 13.8. The van der Waals surface area contributed by atoms with Crippen LogP contribution in [0.2, 0.25) is 0 Å². The lowest BCUT2D eigenvalue weighted by molar-refractivity contribution is -0.143. The first kappa shape index (κ1) is 16.6.